The fraction of sp³-hybridized carbons (Fsp3) is 0.438. The van der Waals surface area contributed by atoms with Crippen LogP contribution in [0.3, 0.4) is 0 Å². The Morgan fingerprint density at radius 1 is 1.02 bits per heavy atom. The summed E-state index contributed by atoms with van der Waals surface area (Å²) in [6.07, 6.45) is 16.0. The number of esters is 1. The van der Waals surface area contributed by atoms with Crippen LogP contribution in [0.2, 0.25) is 0 Å². The summed E-state index contributed by atoms with van der Waals surface area (Å²) in [6.45, 7) is 0.408. The van der Waals surface area contributed by atoms with Crippen molar-refractivity contribution in [3.05, 3.63) is 48.3 Å². The maximum absolute atomic E-state index is 12.1. The third-order valence-electron chi connectivity index (χ3n) is 7.13. The predicted molar refractivity (Wildman–Crippen MR) is 155 cm³/mol. The molecule has 1 saturated carbocycles. The molecule has 2 aromatic carbocycles. The maximum Gasteiger partial charge on any atom is 0.309 e. The van der Waals surface area contributed by atoms with Crippen molar-refractivity contribution >= 4 is 34.2 Å². The smallest absolute Gasteiger partial charge is 0.309 e. The Bertz CT molecular complexity index is 1340. The van der Waals surface area contributed by atoms with E-state index >= 15 is 0 Å². The first-order chi connectivity index (χ1) is 19.6. The average molecular weight is 544 g/mol. The monoisotopic (exact) mass is 543 g/mol. The zero-order valence-corrected chi connectivity index (χ0v) is 23.1. The number of unbranched alkanes of at least 4 members (excludes halogenated alkanes) is 3. The van der Waals surface area contributed by atoms with Gasteiger partial charge in [-0.3, -0.25) is 9.59 Å². The molecule has 210 valence electrons. The van der Waals surface area contributed by atoms with Crippen LogP contribution < -0.4 is 14.8 Å². The van der Waals surface area contributed by atoms with Gasteiger partial charge in [0.05, 0.1) is 25.2 Å². The van der Waals surface area contributed by atoms with E-state index in [1.807, 2.05) is 36.4 Å². The lowest BCUT2D eigenvalue weighted by atomic mass is 9.89. The highest BCUT2D eigenvalue weighted by molar-refractivity contribution is 5.93. The van der Waals surface area contributed by atoms with Crippen LogP contribution in [0.4, 0.5) is 11.5 Å². The van der Waals surface area contributed by atoms with Gasteiger partial charge < -0.3 is 19.5 Å². The van der Waals surface area contributed by atoms with E-state index in [-0.39, 0.29) is 24.3 Å². The molecule has 0 aliphatic heterocycles. The molecule has 0 amide bonds. The molecule has 3 aromatic rings. The highest BCUT2D eigenvalue weighted by Crippen LogP contribution is 2.35. The molecule has 0 bridgehead atoms. The molecule has 0 spiro atoms. The van der Waals surface area contributed by atoms with E-state index in [1.165, 1.54) is 12.7 Å². The molecule has 1 aromatic heterocycles. The van der Waals surface area contributed by atoms with Gasteiger partial charge >= 0.3 is 5.97 Å². The van der Waals surface area contributed by atoms with Crippen LogP contribution in [0.15, 0.2) is 42.7 Å². The number of hydrogen-bond donors (Lipinski definition) is 1. The number of rotatable bonds is 14. The van der Waals surface area contributed by atoms with Crippen LogP contribution in [0.1, 0.15) is 69.8 Å². The Hall–Kier alpha value is -4.12. The second kappa shape index (κ2) is 14.9. The molecular formula is C32H37N3O5. The van der Waals surface area contributed by atoms with Crippen molar-refractivity contribution < 1.29 is 23.8 Å². The topological polar surface area (TPSA) is 99.6 Å². The van der Waals surface area contributed by atoms with Gasteiger partial charge in [0.15, 0.2) is 17.3 Å². The van der Waals surface area contributed by atoms with Crippen molar-refractivity contribution in [2.45, 2.75) is 64.2 Å². The van der Waals surface area contributed by atoms with Gasteiger partial charge in [-0.25, -0.2) is 9.97 Å². The summed E-state index contributed by atoms with van der Waals surface area (Å²) in [6, 6.07) is 11.3. The minimum absolute atomic E-state index is 0.0149. The van der Waals surface area contributed by atoms with Crippen LogP contribution in [-0.4, -0.2) is 42.0 Å². The fourth-order valence-electron chi connectivity index (χ4n) is 4.90. The molecular weight excluding hydrogens is 506 g/mol. The van der Waals surface area contributed by atoms with Gasteiger partial charge in [0.2, 0.25) is 0 Å². The highest BCUT2D eigenvalue weighted by Gasteiger charge is 2.23. The Labute approximate surface area is 235 Å². The molecule has 0 saturated heterocycles. The number of carbonyl (C=O) groups excluding carboxylic acids is 2. The molecule has 1 N–H and O–H groups in total. The molecule has 1 heterocycles. The largest absolute Gasteiger partial charge is 0.493 e. The van der Waals surface area contributed by atoms with E-state index in [1.54, 1.807) is 7.11 Å². The number of carbonyl (C=O) groups is 2. The first-order valence-corrected chi connectivity index (χ1v) is 14.0. The zero-order valence-electron chi connectivity index (χ0n) is 23.1. The number of nitrogens with one attached hydrogen (secondary N) is 1. The van der Waals surface area contributed by atoms with Gasteiger partial charge in [0.1, 0.15) is 18.8 Å². The summed E-state index contributed by atoms with van der Waals surface area (Å²) in [5.74, 6) is 4.24. The second-order valence-electron chi connectivity index (χ2n) is 10.1. The predicted octanol–water partition coefficient (Wildman–Crippen LogP) is 6.39. The number of nitrogens with zero attached hydrogens (tertiary/aromatic N) is 2. The number of aromatic nitrogens is 2. The summed E-state index contributed by atoms with van der Waals surface area (Å²) in [5, 5.41) is 4.12. The number of methoxy groups -OCH3 is 1. The van der Waals surface area contributed by atoms with Gasteiger partial charge in [-0.05, 0) is 49.9 Å². The number of hydrogen-bond acceptors (Lipinski definition) is 8. The van der Waals surface area contributed by atoms with Crippen molar-refractivity contribution in [3.8, 4) is 23.8 Å². The normalized spacial score (nSPS) is 13.4. The third-order valence-corrected chi connectivity index (χ3v) is 7.13. The van der Waals surface area contributed by atoms with Crippen molar-refractivity contribution in [1.82, 2.24) is 9.97 Å². The number of terminal acetylenes is 1. The fourth-order valence-corrected chi connectivity index (χ4v) is 4.90. The molecule has 4 rings (SSSR count). The standard InChI is InChI=1S/C32H37N3O5/c1-3-23-12-11-15-25(18-23)35-31-27-19-30(29(38-2)20-28(27)33-22-34-31)39-17-10-5-4-9-16-26(36)21-40-32(37)24-13-7-6-8-14-24/h1,11-12,15,18-20,22,24H,4-10,13-14,16-17,21H2,2H3,(H,33,34,35). The summed E-state index contributed by atoms with van der Waals surface area (Å²) >= 11 is 0. The SMILES string of the molecule is C#Cc1cccc(Nc2ncnc3cc(OC)c(OCCCCCCC(=O)COC(=O)C4CCCCC4)cc23)c1. The average Bonchev–Trinajstić information content (AvgIpc) is 2.99. The quantitative estimate of drug-likeness (QED) is 0.142. The Balaban J connectivity index is 1.22. The van der Waals surface area contributed by atoms with Crippen molar-refractivity contribution in [2.24, 2.45) is 5.92 Å². The van der Waals surface area contributed by atoms with Gasteiger partial charge in [-0.2, -0.15) is 0 Å². The number of benzene rings is 2. The van der Waals surface area contributed by atoms with Crippen molar-refractivity contribution in [3.63, 3.8) is 0 Å². The molecule has 1 aliphatic rings. The lowest BCUT2D eigenvalue weighted by Crippen LogP contribution is -2.23. The molecule has 0 radical (unpaired) electrons. The Kier molecular flexibility index (Phi) is 10.7. The summed E-state index contributed by atoms with van der Waals surface area (Å²) in [4.78, 5) is 33.0. The van der Waals surface area contributed by atoms with Gasteiger partial charge in [-0.15, -0.1) is 6.42 Å². The zero-order chi connectivity index (χ0) is 28.2. The number of ether oxygens (including phenoxy) is 3. The van der Waals surface area contributed by atoms with Crippen LogP contribution in [-0.2, 0) is 14.3 Å². The number of fused-ring (bicyclic) bond motifs is 1. The number of Topliss-reactive ketones (excluding diaryl/α,β-unsaturated/α-hetero) is 1. The van der Waals surface area contributed by atoms with E-state index in [0.29, 0.717) is 30.3 Å². The van der Waals surface area contributed by atoms with Crippen molar-refractivity contribution in [1.29, 1.82) is 0 Å². The third kappa shape index (κ3) is 8.19. The number of ketones is 1. The lowest BCUT2D eigenvalue weighted by molar-refractivity contribution is -0.153. The molecule has 1 fully saturated rings. The Morgan fingerprint density at radius 2 is 1.85 bits per heavy atom. The van der Waals surface area contributed by atoms with Gasteiger partial charge in [-0.1, -0.05) is 44.1 Å². The maximum atomic E-state index is 12.1. The summed E-state index contributed by atoms with van der Waals surface area (Å²) in [5.41, 5.74) is 2.33. The second-order valence-corrected chi connectivity index (χ2v) is 10.1. The van der Waals surface area contributed by atoms with Crippen LogP contribution >= 0.6 is 0 Å². The summed E-state index contributed by atoms with van der Waals surface area (Å²) < 4.78 is 16.9. The molecule has 40 heavy (non-hydrogen) atoms. The Morgan fingerprint density at radius 3 is 2.65 bits per heavy atom. The lowest BCUT2D eigenvalue weighted by Gasteiger charge is -2.19. The van der Waals surface area contributed by atoms with Crippen LogP contribution in [0.5, 0.6) is 11.5 Å². The van der Waals surface area contributed by atoms with E-state index in [9.17, 15) is 9.59 Å². The minimum Gasteiger partial charge on any atom is -0.493 e. The van der Waals surface area contributed by atoms with E-state index in [4.69, 9.17) is 20.6 Å². The molecule has 0 unspecified atom stereocenters. The van der Waals surface area contributed by atoms with E-state index in [0.717, 1.165) is 73.5 Å². The molecule has 8 nitrogen and oxygen atoms in total. The number of anilines is 2. The van der Waals surface area contributed by atoms with Gasteiger partial charge in [0.25, 0.3) is 0 Å². The van der Waals surface area contributed by atoms with Crippen LogP contribution in [0.25, 0.3) is 10.9 Å². The minimum atomic E-state index is -0.207. The molecule has 1 aliphatic carbocycles. The van der Waals surface area contributed by atoms with Crippen molar-refractivity contribution in [2.75, 3.05) is 25.6 Å². The van der Waals surface area contributed by atoms with E-state index < -0.39 is 0 Å². The van der Waals surface area contributed by atoms with E-state index in [2.05, 4.69) is 21.2 Å². The molecule has 8 heteroatoms. The highest BCUT2D eigenvalue weighted by atomic mass is 16.5. The summed E-state index contributed by atoms with van der Waals surface area (Å²) in [7, 11) is 1.60. The van der Waals surface area contributed by atoms with Gasteiger partial charge in [0, 0.05) is 29.1 Å². The molecule has 0 atom stereocenters. The first kappa shape index (κ1) is 28.9. The first-order valence-electron chi connectivity index (χ1n) is 14.0. The van der Waals surface area contributed by atoms with Crippen LogP contribution in [0, 0.1) is 18.3 Å².